The Hall–Kier alpha value is -6.49. The lowest BCUT2D eigenvalue weighted by Crippen LogP contribution is -2.39. The molecule has 0 aliphatic carbocycles. The highest BCUT2D eigenvalue weighted by Crippen LogP contribution is 2.18. The van der Waals surface area contributed by atoms with Crippen molar-refractivity contribution < 1.29 is 0 Å². The smallest absolute Gasteiger partial charge is 0.296 e. The second kappa shape index (κ2) is 12.5. The molecule has 0 fully saturated rings. The van der Waals surface area contributed by atoms with E-state index in [2.05, 4.69) is 0 Å². The van der Waals surface area contributed by atoms with Gasteiger partial charge in [-0.15, -0.1) is 0 Å². The molecule has 3 aromatic heterocycles. The van der Waals surface area contributed by atoms with Crippen LogP contribution in [0, 0.1) is 0 Å². The van der Waals surface area contributed by atoms with Gasteiger partial charge in [0.05, 0.1) is 50.3 Å². The van der Waals surface area contributed by atoms with Crippen molar-refractivity contribution in [3.63, 3.8) is 0 Å². The van der Waals surface area contributed by atoms with Crippen LogP contribution in [0.25, 0.3) is 11.0 Å². The third-order valence-electron chi connectivity index (χ3n) is 9.25. The zero-order chi connectivity index (χ0) is 34.4. The molecule has 11 heteroatoms. The molecule has 12 bridgehead atoms. The van der Waals surface area contributed by atoms with E-state index in [-0.39, 0.29) is 45.0 Å². The van der Waals surface area contributed by atoms with E-state index in [9.17, 15) is 24.0 Å². The van der Waals surface area contributed by atoms with Crippen molar-refractivity contribution in [2.45, 2.75) is 39.3 Å². The molecule has 11 nitrogen and oxygen atoms in total. The van der Waals surface area contributed by atoms with Gasteiger partial charge in [0.15, 0.2) is 0 Å². The minimum absolute atomic E-state index is 0.0675. The van der Waals surface area contributed by atoms with Gasteiger partial charge in [0.1, 0.15) is 0 Å². The van der Waals surface area contributed by atoms with Gasteiger partial charge >= 0.3 is 17.1 Å². The summed E-state index contributed by atoms with van der Waals surface area (Å²) < 4.78 is 8.82. The lowest BCUT2D eigenvalue weighted by Gasteiger charge is -2.13. The molecule has 0 amide bonds. The number of benzene rings is 4. The van der Waals surface area contributed by atoms with Gasteiger partial charge in [0, 0.05) is 24.5 Å². The summed E-state index contributed by atoms with van der Waals surface area (Å²) >= 11 is 0. The zero-order valence-corrected chi connectivity index (χ0v) is 27.0. The number of fused-ring (bicyclic) bond motifs is 15. The molecule has 1 aliphatic heterocycles. The Morgan fingerprint density at radius 1 is 0.340 bits per heavy atom. The largest absolute Gasteiger partial charge is 0.331 e. The fourth-order valence-corrected chi connectivity index (χ4v) is 6.83. The molecule has 0 saturated carbocycles. The van der Waals surface area contributed by atoms with Crippen LogP contribution in [0.3, 0.4) is 0 Å². The summed E-state index contributed by atoms with van der Waals surface area (Å²) in [5.74, 6) is 0. The Morgan fingerprint density at radius 2 is 0.680 bits per heavy atom. The quantitative estimate of drug-likeness (QED) is 0.247. The Balaban J connectivity index is 1.28. The number of imidazole rings is 1. The van der Waals surface area contributed by atoms with E-state index >= 15 is 0 Å². The molecule has 0 radical (unpaired) electrons. The van der Waals surface area contributed by atoms with E-state index in [1.807, 2.05) is 97.1 Å². The van der Waals surface area contributed by atoms with Gasteiger partial charge in [-0.1, -0.05) is 84.9 Å². The maximum atomic E-state index is 14.0. The monoisotopic (exact) mass is 664 g/mol. The summed E-state index contributed by atoms with van der Waals surface area (Å²) in [6.07, 6.45) is 2.98. The first kappa shape index (κ1) is 30.8. The molecular formula is C39H32N6O5. The summed E-state index contributed by atoms with van der Waals surface area (Å²) in [5.41, 5.74) is 4.47. The minimum atomic E-state index is -0.450. The summed E-state index contributed by atoms with van der Waals surface area (Å²) in [6.45, 7) is 1.13. The van der Waals surface area contributed by atoms with Crippen molar-refractivity contribution in [2.24, 2.45) is 0 Å². The van der Waals surface area contributed by atoms with E-state index in [0.717, 1.165) is 44.4 Å². The predicted molar refractivity (Wildman–Crippen MR) is 190 cm³/mol. The molecule has 1 aliphatic rings. The Kier molecular flexibility index (Phi) is 7.71. The Bertz CT molecular complexity index is 2560. The number of para-hydroxylation sites is 2. The van der Waals surface area contributed by atoms with Gasteiger partial charge in [-0.2, -0.15) is 0 Å². The van der Waals surface area contributed by atoms with Crippen LogP contribution in [0.4, 0.5) is 0 Å². The molecule has 8 rings (SSSR count). The van der Waals surface area contributed by atoms with Gasteiger partial charge in [-0.3, -0.25) is 37.0 Å². The van der Waals surface area contributed by atoms with Crippen LogP contribution < -0.4 is 28.2 Å². The van der Waals surface area contributed by atoms with Crippen LogP contribution in [0.5, 0.6) is 0 Å². The van der Waals surface area contributed by atoms with Crippen LogP contribution in [0.15, 0.2) is 146 Å². The molecule has 0 N–H and O–H groups in total. The number of hydrogen-bond donors (Lipinski definition) is 0. The average Bonchev–Trinajstić information content (AvgIpc) is 3.37. The minimum Gasteiger partial charge on any atom is -0.296 e. The van der Waals surface area contributed by atoms with E-state index in [1.54, 1.807) is 9.13 Å². The summed E-state index contributed by atoms with van der Waals surface area (Å²) in [6, 6.07) is 33.1. The standard InChI is InChI=1S/C39H32N6O5/c46-35-14-16-40-21-27-6-3-7-28(18-27)22-41-17-15-36(47)45(38(41)49)26-32-11-5-9-30(20-32)24-43-34-13-2-1-12-33(34)42(39(43)50)23-29-8-4-10-31(19-29)25-44(35)37(40)48/h1-20H,21-26H2. The highest BCUT2D eigenvalue weighted by molar-refractivity contribution is 5.76. The maximum absolute atomic E-state index is 14.0. The molecule has 0 unspecified atom stereocenters. The summed E-state index contributed by atoms with van der Waals surface area (Å²) in [4.78, 5) is 67.2. The molecule has 50 heavy (non-hydrogen) atoms. The van der Waals surface area contributed by atoms with E-state index < -0.39 is 22.5 Å². The zero-order valence-electron chi connectivity index (χ0n) is 27.0. The fraction of sp³-hybridized carbons (Fsp3) is 0.154. The number of aromatic nitrogens is 6. The van der Waals surface area contributed by atoms with Gasteiger partial charge in [0.25, 0.3) is 11.1 Å². The topological polar surface area (TPSA) is 115 Å². The highest BCUT2D eigenvalue weighted by atomic mass is 16.2. The van der Waals surface area contributed by atoms with Crippen LogP contribution in [-0.4, -0.2) is 27.4 Å². The lowest BCUT2D eigenvalue weighted by atomic mass is 10.1. The SMILES string of the molecule is O=c1ccn2c(=O)n1Cc1cccc(c1)Cn1c(=O)n(c3ccccc31)Cc1cccc(c1)Cn1c(=O)ccn(c1=O)Cc1cccc(c1)C2. The maximum Gasteiger partial charge on any atom is 0.331 e. The third-order valence-corrected chi connectivity index (χ3v) is 9.25. The van der Waals surface area contributed by atoms with Crippen molar-refractivity contribution in [3.05, 3.63) is 207 Å². The average molecular weight is 665 g/mol. The Morgan fingerprint density at radius 3 is 1.06 bits per heavy atom. The van der Waals surface area contributed by atoms with Crippen LogP contribution in [-0.2, 0) is 39.3 Å². The van der Waals surface area contributed by atoms with Crippen molar-refractivity contribution in [1.82, 2.24) is 27.4 Å². The first-order chi connectivity index (χ1) is 24.3. The van der Waals surface area contributed by atoms with Gasteiger partial charge in [0.2, 0.25) is 0 Å². The van der Waals surface area contributed by atoms with Crippen molar-refractivity contribution in [1.29, 1.82) is 0 Å². The number of nitrogens with zero attached hydrogens (tertiary/aromatic N) is 6. The van der Waals surface area contributed by atoms with E-state index in [1.165, 1.54) is 42.8 Å². The van der Waals surface area contributed by atoms with Crippen LogP contribution >= 0.6 is 0 Å². The van der Waals surface area contributed by atoms with Gasteiger partial charge in [-0.25, -0.2) is 14.4 Å². The first-order valence-electron chi connectivity index (χ1n) is 16.3. The molecular weight excluding hydrogens is 632 g/mol. The molecule has 0 atom stereocenters. The second-order valence-corrected chi connectivity index (χ2v) is 12.7. The number of hydrogen-bond acceptors (Lipinski definition) is 5. The van der Waals surface area contributed by atoms with Gasteiger partial charge < -0.3 is 0 Å². The Labute approximate surface area is 284 Å². The van der Waals surface area contributed by atoms with Crippen molar-refractivity contribution in [2.75, 3.05) is 0 Å². The fourth-order valence-electron chi connectivity index (χ4n) is 6.83. The van der Waals surface area contributed by atoms with E-state index in [4.69, 9.17) is 0 Å². The normalized spacial score (nSPS) is 13.1. The molecule has 0 saturated heterocycles. The van der Waals surface area contributed by atoms with Crippen molar-refractivity contribution in [3.8, 4) is 0 Å². The summed E-state index contributed by atoms with van der Waals surface area (Å²) in [5, 5.41) is 0. The predicted octanol–water partition coefficient (Wildman–Crippen LogP) is 3.05. The van der Waals surface area contributed by atoms with Crippen LogP contribution in [0.1, 0.15) is 33.4 Å². The highest BCUT2D eigenvalue weighted by Gasteiger charge is 2.16. The van der Waals surface area contributed by atoms with Crippen molar-refractivity contribution >= 4 is 11.0 Å². The lowest BCUT2D eigenvalue weighted by molar-refractivity contribution is 0.606. The molecule has 248 valence electrons. The van der Waals surface area contributed by atoms with Gasteiger partial charge in [-0.05, 0) is 45.5 Å². The van der Waals surface area contributed by atoms with E-state index in [0.29, 0.717) is 0 Å². The second-order valence-electron chi connectivity index (χ2n) is 12.7. The molecule has 0 spiro atoms. The summed E-state index contributed by atoms with van der Waals surface area (Å²) in [7, 11) is 0. The number of rotatable bonds is 0. The molecule has 7 aromatic rings. The molecule has 4 aromatic carbocycles. The van der Waals surface area contributed by atoms with Crippen LogP contribution in [0.2, 0.25) is 0 Å². The first-order valence-corrected chi connectivity index (χ1v) is 16.3. The third kappa shape index (κ3) is 5.79. The molecule has 4 heterocycles.